The fraction of sp³-hybridized carbons (Fsp3) is 0.682. The van der Waals surface area contributed by atoms with Crippen LogP contribution in [0.2, 0.25) is 0 Å². The van der Waals surface area contributed by atoms with Crippen molar-refractivity contribution in [3.8, 4) is 0 Å². The van der Waals surface area contributed by atoms with Crippen LogP contribution in [0.25, 0.3) is 0 Å². The fourth-order valence-corrected chi connectivity index (χ4v) is 7.53. The van der Waals surface area contributed by atoms with E-state index in [1.54, 1.807) is 0 Å². The Balaban J connectivity index is 1.33. The molecule has 0 spiro atoms. The molecule has 3 nitrogen and oxygen atoms in total. The van der Waals surface area contributed by atoms with Gasteiger partial charge in [0.2, 0.25) is 5.91 Å². The summed E-state index contributed by atoms with van der Waals surface area (Å²) in [5.41, 5.74) is 4.72. The summed E-state index contributed by atoms with van der Waals surface area (Å²) in [5, 5.41) is 6.71. The van der Waals surface area contributed by atoms with E-state index in [1.165, 1.54) is 36.0 Å². The molecule has 4 bridgehead atoms. The van der Waals surface area contributed by atoms with Crippen LogP contribution in [0.3, 0.4) is 0 Å². The molecule has 2 unspecified atom stereocenters. The van der Waals surface area contributed by atoms with E-state index in [2.05, 4.69) is 42.7 Å². The van der Waals surface area contributed by atoms with Crippen LogP contribution in [0.4, 0.5) is 0 Å². The second-order valence-corrected chi connectivity index (χ2v) is 10.3. The van der Waals surface area contributed by atoms with E-state index in [4.69, 9.17) is 0 Å². The first-order valence-electron chi connectivity index (χ1n) is 9.97. The van der Waals surface area contributed by atoms with Crippen LogP contribution < -0.4 is 10.6 Å². The summed E-state index contributed by atoms with van der Waals surface area (Å²) < 4.78 is 0. The second-order valence-electron chi connectivity index (χ2n) is 10.3. The van der Waals surface area contributed by atoms with Crippen molar-refractivity contribution in [3.63, 3.8) is 0 Å². The van der Waals surface area contributed by atoms with Gasteiger partial charge < -0.3 is 10.6 Å². The molecule has 1 aromatic carbocycles. The van der Waals surface area contributed by atoms with E-state index >= 15 is 0 Å². The number of carbonyl (C=O) groups excluding carboxylic acids is 1. The van der Waals surface area contributed by atoms with Crippen LogP contribution >= 0.6 is 0 Å². The smallest absolute Gasteiger partial charge is 0.226 e. The third kappa shape index (κ3) is 2.54. The first kappa shape index (κ1) is 15.9. The maximum absolute atomic E-state index is 13.3. The van der Waals surface area contributed by atoms with E-state index in [0.717, 1.165) is 38.3 Å². The Hall–Kier alpha value is -1.35. The summed E-state index contributed by atoms with van der Waals surface area (Å²) in [4.78, 5) is 13.3. The Morgan fingerprint density at radius 1 is 1.08 bits per heavy atom. The predicted molar refractivity (Wildman–Crippen MR) is 98.7 cm³/mol. The number of rotatable bonds is 3. The zero-order chi connectivity index (χ0) is 17.3. The molecule has 1 amide bonds. The van der Waals surface area contributed by atoms with Crippen molar-refractivity contribution in [2.45, 2.75) is 72.0 Å². The zero-order valence-corrected chi connectivity index (χ0v) is 15.6. The summed E-state index contributed by atoms with van der Waals surface area (Å²) in [6, 6.07) is 6.65. The highest BCUT2D eigenvalue weighted by Crippen LogP contribution is 2.69. The molecule has 1 heterocycles. The molecule has 0 aromatic heterocycles. The molecular weight excluding hydrogens is 308 g/mol. The molecule has 0 saturated heterocycles. The Morgan fingerprint density at radius 3 is 2.52 bits per heavy atom. The van der Waals surface area contributed by atoms with Crippen molar-refractivity contribution in [2.75, 3.05) is 0 Å². The van der Waals surface area contributed by atoms with Gasteiger partial charge in [0.05, 0.1) is 5.41 Å². The lowest BCUT2D eigenvalue weighted by atomic mass is 9.40. The number of benzene rings is 1. The summed E-state index contributed by atoms with van der Waals surface area (Å²) in [6.45, 7) is 7.48. The van der Waals surface area contributed by atoms with E-state index in [9.17, 15) is 4.79 Å². The van der Waals surface area contributed by atoms with Gasteiger partial charge in [0.15, 0.2) is 0 Å². The van der Waals surface area contributed by atoms with Crippen LogP contribution in [0.1, 0.15) is 69.1 Å². The van der Waals surface area contributed by atoms with E-state index in [-0.39, 0.29) is 5.41 Å². The Morgan fingerprint density at radius 2 is 1.80 bits per heavy atom. The van der Waals surface area contributed by atoms with Gasteiger partial charge in [0.25, 0.3) is 0 Å². The molecule has 6 rings (SSSR count). The summed E-state index contributed by atoms with van der Waals surface area (Å²) >= 11 is 0. The number of hydrogen-bond donors (Lipinski definition) is 2. The molecule has 2 N–H and O–H groups in total. The summed E-state index contributed by atoms with van der Waals surface area (Å²) in [7, 11) is 0. The van der Waals surface area contributed by atoms with Crippen molar-refractivity contribution in [3.05, 3.63) is 34.9 Å². The highest BCUT2D eigenvalue weighted by atomic mass is 16.2. The minimum absolute atomic E-state index is 0.0960. The quantitative estimate of drug-likeness (QED) is 0.877. The molecule has 2 atom stereocenters. The maximum atomic E-state index is 13.3. The van der Waals surface area contributed by atoms with Crippen molar-refractivity contribution >= 4 is 5.91 Å². The molecule has 4 saturated carbocycles. The minimum Gasteiger partial charge on any atom is -0.352 e. The van der Waals surface area contributed by atoms with Crippen molar-refractivity contribution in [2.24, 2.45) is 22.2 Å². The Kier molecular flexibility index (Phi) is 3.23. The standard InChI is InChI=1S/C22H30N2O/c1-20-6-16-7-21(2,12-20)14-22(8-16,13-20)19(25)24-9-15-3-4-17-10-23-11-18(17)5-15/h3-5,16,23H,6-14H2,1-2H3,(H,24,25). The minimum atomic E-state index is -0.0960. The van der Waals surface area contributed by atoms with Crippen LogP contribution in [0.5, 0.6) is 0 Å². The van der Waals surface area contributed by atoms with Gasteiger partial charge in [-0.25, -0.2) is 0 Å². The van der Waals surface area contributed by atoms with Gasteiger partial charge in [-0.3, -0.25) is 4.79 Å². The third-order valence-electron chi connectivity index (χ3n) is 7.46. The topological polar surface area (TPSA) is 41.1 Å². The van der Waals surface area contributed by atoms with E-state index in [1.807, 2.05) is 0 Å². The van der Waals surface area contributed by atoms with Crippen molar-refractivity contribution in [1.29, 1.82) is 0 Å². The van der Waals surface area contributed by atoms with Crippen LogP contribution in [-0.2, 0) is 24.4 Å². The van der Waals surface area contributed by atoms with Crippen LogP contribution in [0, 0.1) is 22.2 Å². The molecule has 0 radical (unpaired) electrons. The summed E-state index contributed by atoms with van der Waals surface area (Å²) in [6.07, 6.45) is 7.34. The molecule has 5 aliphatic rings. The number of carbonyl (C=O) groups is 1. The van der Waals surface area contributed by atoms with Gasteiger partial charge in [-0.2, -0.15) is 0 Å². The molecule has 1 aromatic rings. The molecule has 4 fully saturated rings. The SMILES string of the molecule is CC12CC3CC(C)(C1)CC(C(=O)NCc1ccc4c(c1)CNC4)(C3)C2. The normalized spacial score (nSPS) is 41.0. The third-order valence-corrected chi connectivity index (χ3v) is 7.46. The van der Waals surface area contributed by atoms with Gasteiger partial charge in [0, 0.05) is 19.6 Å². The van der Waals surface area contributed by atoms with Crippen LogP contribution in [0.15, 0.2) is 18.2 Å². The maximum Gasteiger partial charge on any atom is 0.226 e. The van der Waals surface area contributed by atoms with E-state index < -0.39 is 0 Å². The highest BCUT2D eigenvalue weighted by molar-refractivity contribution is 5.83. The summed E-state index contributed by atoms with van der Waals surface area (Å²) in [5.74, 6) is 1.09. The van der Waals surface area contributed by atoms with Crippen molar-refractivity contribution < 1.29 is 4.79 Å². The molecular formula is C22H30N2O. The van der Waals surface area contributed by atoms with Gasteiger partial charge in [-0.05, 0) is 72.0 Å². The average molecular weight is 338 g/mol. The first-order valence-corrected chi connectivity index (χ1v) is 9.97. The van der Waals surface area contributed by atoms with Gasteiger partial charge in [-0.15, -0.1) is 0 Å². The molecule has 1 aliphatic heterocycles. The largest absolute Gasteiger partial charge is 0.352 e. The lowest BCUT2D eigenvalue weighted by Gasteiger charge is -2.64. The molecule has 25 heavy (non-hydrogen) atoms. The van der Waals surface area contributed by atoms with Crippen LogP contribution in [-0.4, -0.2) is 5.91 Å². The number of nitrogens with one attached hydrogen (secondary N) is 2. The Labute approximate surface area is 151 Å². The number of amides is 1. The van der Waals surface area contributed by atoms with E-state index in [0.29, 0.717) is 23.3 Å². The average Bonchev–Trinajstić information content (AvgIpc) is 2.96. The Bertz CT molecular complexity index is 722. The van der Waals surface area contributed by atoms with Gasteiger partial charge >= 0.3 is 0 Å². The second kappa shape index (κ2) is 5.09. The highest BCUT2D eigenvalue weighted by Gasteiger charge is 2.62. The van der Waals surface area contributed by atoms with Gasteiger partial charge in [-0.1, -0.05) is 32.0 Å². The lowest BCUT2D eigenvalue weighted by molar-refractivity contribution is -0.170. The number of hydrogen-bond acceptors (Lipinski definition) is 2. The lowest BCUT2D eigenvalue weighted by Crippen LogP contribution is -2.59. The van der Waals surface area contributed by atoms with Gasteiger partial charge in [0.1, 0.15) is 0 Å². The molecule has 4 aliphatic carbocycles. The zero-order valence-electron chi connectivity index (χ0n) is 15.6. The monoisotopic (exact) mass is 338 g/mol. The molecule has 134 valence electrons. The molecule has 3 heteroatoms. The predicted octanol–water partition coefficient (Wildman–Crippen LogP) is 3.90. The van der Waals surface area contributed by atoms with Crippen molar-refractivity contribution in [1.82, 2.24) is 10.6 Å². The fourth-order valence-electron chi connectivity index (χ4n) is 7.53. The first-order chi connectivity index (χ1) is 11.9. The number of fused-ring (bicyclic) bond motifs is 1.